The Kier molecular flexibility index (Phi) is 4.88. The second-order valence-electron chi connectivity index (χ2n) is 8.28. The lowest BCUT2D eigenvalue weighted by Gasteiger charge is -2.38. The van der Waals surface area contributed by atoms with E-state index in [0.717, 1.165) is 30.8 Å². The quantitative estimate of drug-likeness (QED) is 0.647. The largest absolute Gasteiger partial charge is 0.339 e. The molecule has 0 aliphatic carbocycles. The van der Waals surface area contributed by atoms with Crippen LogP contribution >= 0.6 is 0 Å². The van der Waals surface area contributed by atoms with Crippen molar-refractivity contribution in [2.45, 2.75) is 32.7 Å². The van der Waals surface area contributed by atoms with E-state index >= 15 is 0 Å². The van der Waals surface area contributed by atoms with Gasteiger partial charge in [-0.1, -0.05) is 0 Å². The standard InChI is InChI=1S/C22H24FN7O/c1-14-11-15(2)27-22(26-14)28-9-5-16-6-10-29(20(16)13-28)21(31)18-12-17(23)3-4-19(18)30-24-7-8-25-30/h3-4,7-8,11-12,16,20H,5-6,9-10,13H2,1-2H3/t16-,20-/m0/s1. The Morgan fingerprint density at radius 3 is 2.48 bits per heavy atom. The molecule has 1 amide bonds. The summed E-state index contributed by atoms with van der Waals surface area (Å²) < 4.78 is 14.1. The lowest BCUT2D eigenvalue weighted by Crippen LogP contribution is -2.50. The summed E-state index contributed by atoms with van der Waals surface area (Å²) in [6, 6.07) is 6.14. The third kappa shape index (κ3) is 3.64. The Morgan fingerprint density at radius 2 is 1.74 bits per heavy atom. The van der Waals surface area contributed by atoms with E-state index in [1.54, 1.807) is 6.07 Å². The fourth-order valence-electron chi connectivity index (χ4n) is 4.77. The molecule has 1 aromatic carbocycles. The molecular weight excluding hydrogens is 397 g/mol. The molecule has 3 aromatic rings. The first-order valence-corrected chi connectivity index (χ1v) is 10.5. The van der Waals surface area contributed by atoms with E-state index in [1.807, 2.05) is 24.8 Å². The molecule has 9 heteroatoms. The molecule has 2 saturated heterocycles. The van der Waals surface area contributed by atoms with Crippen molar-refractivity contribution in [1.82, 2.24) is 29.9 Å². The lowest BCUT2D eigenvalue weighted by atomic mass is 9.92. The summed E-state index contributed by atoms with van der Waals surface area (Å²) in [5.41, 5.74) is 2.61. The molecule has 8 nitrogen and oxygen atoms in total. The first-order chi connectivity index (χ1) is 15.0. The molecule has 0 spiro atoms. The van der Waals surface area contributed by atoms with Crippen LogP contribution in [0.5, 0.6) is 0 Å². The Balaban J connectivity index is 1.44. The summed E-state index contributed by atoms with van der Waals surface area (Å²) in [6.07, 6.45) is 4.99. The van der Waals surface area contributed by atoms with Crippen LogP contribution in [0.3, 0.4) is 0 Å². The molecule has 0 N–H and O–H groups in total. The smallest absolute Gasteiger partial charge is 0.256 e. The van der Waals surface area contributed by atoms with Crippen molar-refractivity contribution < 1.29 is 9.18 Å². The number of carbonyl (C=O) groups excluding carboxylic acids is 1. The maximum Gasteiger partial charge on any atom is 0.256 e. The maximum atomic E-state index is 14.1. The molecule has 0 saturated carbocycles. The van der Waals surface area contributed by atoms with Crippen LogP contribution in [0.15, 0.2) is 36.7 Å². The molecule has 2 aromatic heterocycles. The number of aromatic nitrogens is 5. The third-order valence-corrected chi connectivity index (χ3v) is 6.20. The predicted molar refractivity (Wildman–Crippen MR) is 113 cm³/mol. The van der Waals surface area contributed by atoms with Crippen LogP contribution in [0.1, 0.15) is 34.6 Å². The van der Waals surface area contributed by atoms with Gasteiger partial charge in [0.15, 0.2) is 0 Å². The number of hydrogen-bond acceptors (Lipinski definition) is 6. The maximum absolute atomic E-state index is 14.1. The molecule has 4 heterocycles. The number of likely N-dealkylation sites (tertiary alicyclic amines) is 1. The van der Waals surface area contributed by atoms with Gasteiger partial charge in [-0.3, -0.25) is 4.79 Å². The first-order valence-electron chi connectivity index (χ1n) is 10.5. The van der Waals surface area contributed by atoms with Gasteiger partial charge >= 0.3 is 0 Å². The SMILES string of the molecule is Cc1cc(C)nc(N2CC[C@H]3CCN(C(=O)c4cc(F)ccc4-n4nccn4)[C@H]3C2)n1. The van der Waals surface area contributed by atoms with Gasteiger partial charge in [0.1, 0.15) is 5.82 Å². The van der Waals surface area contributed by atoms with Crippen molar-refractivity contribution >= 4 is 11.9 Å². The highest BCUT2D eigenvalue weighted by Gasteiger charge is 2.42. The van der Waals surface area contributed by atoms with E-state index < -0.39 is 5.82 Å². The Labute approximate surface area is 179 Å². The highest BCUT2D eigenvalue weighted by Crippen LogP contribution is 2.34. The minimum Gasteiger partial charge on any atom is -0.339 e. The molecule has 5 rings (SSSR count). The number of halogens is 1. The summed E-state index contributed by atoms with van der Waals surface area (Å²) in [5.74, 6) is 0.486. The van der Waals surface area contributed by atoms with E-state index in [2.05, 4.69) is 25.1 Å². The highest BCUT2D eigenvalue weighted by atomic mass is 19.1. The Bertz CT molecular complexity index is 1100. The van der Waals surface area contributed by atoms with E-state index in [1.165, 1.54) is 29.3 Å². The number of rotatable bonds is 3. The summed E-state index contributed by atoms with van der Waals surface area (Å²) in [6.45, 7) is 6.12. The van der Waals surface area contributed by atoms with Crippen molar-refractivity contribution in [3.8, 4) is 5.69 Å². The molecule has 0 bridgehead atoms. The number of benzene rings is 1. The molecule has 2 atom stereocenters. The van der Waals surface area contributed by atoms with Crippen LogP contribution in [-0.2, 0) is 0 Å². The van der Waals surface area contributed by atoms with Crippen LogP contribution in [0.4, 0.5) is 10.3 Å². The zero-order valence-corrected chi connectivity index (χ0v) is 17.6. The lowest BCUT2D eigenvalue weighted by molar-refractivity contribution is 0.0711. The van der Waals surface area contributed by atoms with Crippen molar-refractivity contribution in [2.24, 2.45) is 5.92 Å². The molecule has 2 aliphatic rings. The minimum absolute atomic E-state index is 0.0346. The van der Waals surface area contributed by atoms with Gasteiger partial charge < -0.3 is 9.80 Å². The van der Waals surface area contributed by atoms with Crippen molar-refractivity contribution in [3.63, 3.8) is 0 Å². The van der Waals surface area contributed by atoms with Gasteiger partial charge in [0.05, 0.1) is 29.7 Å². The van der Waals surface area contributed by atoms with E-state index in [4.69, 9.17) is 0 Å². The molecule has 31 heavy (non-hydrogen) atoms. The van der Waals surface area contributed by atoms with Crippen LogP contribution in [0.2, 0.25) is 0 Å². The molecule has 2 aliphatic heterocycles. The second-order valence-corrected chi connectivity index (χ2v) is 8.28. The van der Waals surface area contributed by atoms with Crippen LogP contribution < -0.4 is 4.90 Å². The average Bonchev–Trinajstić information content (AvgIpc) is 3.42. The van der Waals surface area contributed by atoms with Gasteiger partial charge in [-0.05, 0) is 56.9 Å². The van der Waals surface area contributed by atoms with Gasteiger partial charge in [0.2, 0.25) is 5.95 Å². The summed E-state index contributed by atoms with van der Waals surface area (Å²) >= 11 is 0. The zero-order valence-electron chi connectivity index (χ0n) is 17.6. The normalized spacial score (nSPS) is 20.7. The van der Waals surface area contributed by atoms with E-state index in [-0.39, 0.29) is 17.5 Å². The number of anilines is 1. The number of hydrogen-bond donors (Lipinski definition) is 0. The van der Waals surface area contributed by atoms with Gasteiger partial charge in [-0.15, -0.1) is 0 Å². The van der Waals surface area contributed by atoms with Gasteiger partial charge in [0, 0.05) is 31.0 Å². The number of amides is 1. The number of carbonyl (C=O) groups is 1. The summed E-state index contributed by atoms with van der Waals surface area (Å²) in [5, 5.41) is 8.25. The minimum atomic E-state index is -0.455. The Morgan fingerprint density at radius 1 is 1.03 bits per heavy atom. The number of fused-ring (bicyclic) bond motifs is 1. The van der Waals surface area contributed by atoms with Crippen molar-refractivity contribution in [2.75, 3.05) is 24.5 Å². The fourth-order valence-corrected chi connectivity index (χ4v) is 4.77. The van der Waals surface area contributed by atoms with E-state index in [0.29, 0.717) is 30.6 Å². The Hall–Kier alpha value is -3.36. The number of aryl methyl sites for hydroxylation is 2. The molecule has 0 unspecified atom stereocenters. The summed E-state index contributed by atoms with van der Waals surface area (Å²) in [4.78, 5) is 28.2. The van der Waals surface area contributed by atoms with Gasteiger partial charge in [-0.25, -0.2) is 14.4 Å². The third-order valence-electron chi connectivity index (χ3n) is 6.20. The monoisotopic (exact) mass is 421 g/mol. The van der Waals surface area contributed by atoms with Crippen molar-refractivity contribution in [1.29, 1.82) is 0 Å². The van der Waals surface area contributed by atoms with Crippen molar-refractivity contribution in [3.05, 3.63) is 59.4 Å². The number of piperidine rings is 1. The zero-order chi connectivity index (χ0) is 21.5. The molecule has 160 valence electrons. The molecule has 0 radical (unpaired) electrons. The van der Waals surface area contributed by atoms with Crippen LogP contribution in [0, 0.1) is 25.6 Å². The molecule has 2 fully saturated rings. The predicted octanol–water partition coefficient (Wildman–Crippen LogP) is 2.55. The highest BCUT2D eigenvalue weighted by molar-refractivity contribution is 5.98. The average molecular weight is 421 g/mol. The topological polar surface area (TPSA) is 80.0 Å². The number of nitrogens with zero attached hydrogens (tertiary/aromatic N) is 7. The van der Waals surface area contributed by atoms with Gasteiger partial charge in [0.25, 0.3) is 5.91 Å². The summed E-state index contributed by atoms with van der Waals surface area (Å²) in [7, 11) is 0. The van der Waals surface area contributed by atoms with Crippen LogP contribution in [-0.4, -0.2) is 61.4 Å². The molecular formula is C22H24FN7O. The van der Waals surface area contributed by atoms with Gasteiger partial charge in [-0.2, -0.15) is 15.0 Å². The van der Waals surface area contributed by atoms with E-state index in [9.17, 15) is 9.18 Å². The first kappa shape index (κ1) is 19.6. The fraction of sp³-hybridized carbons (Fsp3) is 0.409. The van der Waals surface area contributed by atoms with Crippen LogP contribution in [0.25, 0.3) is 5.69 Å². The second kappa shape index (κ2) is 7.72.